The third kappa shape index (κ3) is 2.89. The molecule has 0 aromatic rings. The molecule has 0 bridgehead atoms. The Balaban J connectivity index is 1.91. The summed E-state index contributed by atoms with van der Waals surface area (Å²) in [5.41, 5.74) is -3.04. The molecule has 0 unspecified atom stereocenters. The molecule has 4 aliphatic carbocycles. The molecule has 4 rings (SSSR count). The molecule has 3 N–H and O–H groups in total. The van der Waals surface area contributed by atoms with Crippen molar-refractivity contribution < 1.29 is 34.5 Å². The molecule has 0 radical (unpaired) electrons. The van der Waals surface area contributed by atoms with Crippen molar-refractivity contribution >= 4 is 23.3 Å². The average molecular weight is 475 g/mol. The standard InChI is InChI=1S/C27H38O7/c1-13(7-8-19(31)32)14-11-18(30)27(6)20-15(28)12-16-24(2,3)17(29)9-10-25(16,4)21(20)22(33)23(34)26(14,27)5/h13-16,23,28,34H,7-12H2,1-6H3,(H,31,32)/t13-,14+,15-,16-,23-,25-,26-,27-/m0/s1. The van der Waals surface area contributed by atoms with E-state index in [1.807, 2.05) is 27.7 Å². The van der Waals surface area contributed by atoms with Crippen LogP contribution in [-0.2, 0) is 19.2 Å². The molecule has 0 aliphatic heterocycles. The van der Waals surface area contributed by atoms with Gasteiger partial charge >= 0.3 is 5.97 Å². The summed E-state index contributed by atoms with van der Waals surface area (Å²) in [6.45, 7) is 11.1. The molecule has 0 amide bonds. The fraction of sp³-hybridized carbons (Fsp3) is 0.778. The van der Waals surface area contributed by atoms with Gasteiger partial charge in [0.15, 0.2) is 5.78 Å². The molecule has 2 saturated carbocycles. The van der Waals surface area contributed by atoms with Crippen molar-refractivity contribution in [3.05, 3.63) is 11.1 Å². The number of aliphatic hydroxyl groups is 2. The topological polar surface area (TPSA) is 129 Å². The lowest BCUT2D eigenvalue weighted by Gasteiger charge is -2.61. The molecule has 8 atom stereocenters. The first-order chi connectivity index (χ1) is 15.6. The summed E-state index contributed by atoms with van der Waals surface area (Å²) in [4.78, 5) is 51.7. The van der Waals surface area contributed by atoms with E-state index in [-0.39, 0.29) is 48.6 Å². The van der Waals surface area contributed by atoms with E-state index in [4.69, 9.17) is 5.11 Å². The minimum Gasteiger partial charge on any atom is -0.481 e. The van der Waals surface area contributed by atoms with E-state index >= 15 is 0 Å². The Morgan fingerprint density at radius 1 is 1.06 bits per heavy atom. The lowest BCUT2D eigenvalue weighted by atomic mass is 9.42. The number of hydrogen-bond donors (Lipinski definition) is 3. The third-order valence-electron chi connectivity index (χ3n) is 10.8. The molecule has 4 aliphatic rings. The number of carboxylic acid groups (broad SMARTS) is 1. The third-order valence-corrected chi connectivity index (χ3v) is 10.8. The molecule has 7 heteroatoms. The number of aliphatic hydroxyl groups excluding tert-OH is 2. The van der Waals surface area contributed by atoms with Gasteiger partial charge in [0.25, 0.3) is 0 Å². The number of rotatable bonds is 4. The fourth-order valence-corrected chi connectivity index (χ4v) is 8.48. The van der Waals surface area contributed by atoms with Crippen LogP contribution in [0.15, 0.2) is 11.1 Å². The molecular formula is C27H38O7. The van der Waals surface area contributed by atoms with E-state index < -0.39 is 45.6 Å². The Hall–Kier alpha value is -1.86. The first kappa shape index (κ1) is 25.2. The molecule has 34 heavy (non-hydrogen) atoms. The van der Waals surface area contributed by atoms with Crippen LogP contribution in [0.2, 0.25) is 0 Å². The van der Waals surface area contributed by atoms with Crippen LogP contribution in [0.25, 0.3) is 0 Å². The highest BCUT2D eigenvalue weighted by atomic mass is 16.4. The number of carbonyl (C=O) groups excluding carboxylic acids is 3. The second kappa shape index (κ2) is 7.57. The van der Waals surface area contributed by atoms with Gasteiger partial charge in [-0.15, -0.1) is 0 Å². The highest BCUT2D eigenvalue weighted by Gasteiger charge is 2.73. The Bertz CT molecular complexity index is 1010. The van der Waals surface area contributed by atoms with Gasteiger partial charge in [-0.25, -0.2) is 0 Å². The zero-order valence-corrected chi connectivity index (χ0v) is 21.1. The first-order valence-corrected chi connectivity index (χ1v) is 12.5. The largest absolute Gasteiger partial charge is 0.481 e. The van der Waals surface area contributed by atoms with Gasteiger partial charge in [-0.2, -0.15) is 0 Å². The predicted octanol–water partition coefficient (Wildman–Crippen LogP) is 3.11. The van der Waals surface area contributed by atoms with Crippen molar-refractivity contribution in [2.75, 3.05) is 0 Å². The smallest absolute Gasteiger partial charge is 0.303 e. The van der Waals surface area contributed by atoms with Crippen molar-refractivity contribution in [3.8, 4) is 0 Å². The van der Waals surface area contributed by atoms with Gasteiger partial charge in [0.1, 0.15) is 17.7 Å². The lowest BCUT2D eigenvalue weighted by molar-refractivity contribution is -0.158. The molecule has 0 heterocycles. The minimum atomic E-state index is -1.44. The predicted molar refractivity (Wildman–Crippen MR) is 124 cm³/mol. The summed E-state index contributed by atoms with van der Waals surface area (Å²) in [6.07, 6.45) is -1.04. The lowest BCUT2D eigenvalue weighted by Crippen LogP contribution is -2.64. The van der Waals surface area contributed by atoms with Crippen molar-refractivity contribution in [2.45, 2.75) is 92.3 Å². The monoisotopic (exact) mass is 474 g/mol. The van der Waals surface area contributed by atoms with Gasteiger partial charge in [-0.05, 0) is 49.5 Å². The zero-order valence-electron chi connectivity index (χ0n) is 21.1. The average Bonchev–Trinajstić information content (AvgIpc) is 2.97. The number of ketones is 3. The summed E-state index contributed by atoms with van der Waals surface area (Å²) in [5, 5.41) is 32.2. The summed E-state index contributed by atoms with van der Waals surface area (Å²) in [5.74, 6) is -2.25. The van der Waals surface area contributed by atoms with E-state index in [1.165, 1.54) is 0 Å². The Kier molecular flexibility index (Phi) is 5.62. The minimum absolute atomic E-state index is 0.0534. The number of carboxylic acids is 1. The Labute approximate surface area is 201 Å². The normalized spacial score (nSPS) is 44.4. The number of aliphatic carboxylic acids is 1. The molecule has 2 fully saturated rings. The number of fused-ring (bicyclic) bond motifs is 4. The van der Waals surface area contributed by atoms with Gasteiger partial charge in [0.2, 0.25) is 0 Å². The van der Waals surface area contributed by atoms with Crippen molar-refractivity contribution in [1.82, 2.24) is 0 Å². The quantitative estimate of drug-likeness (QED) is 0.571. The maximum atomic E-state index is 14.0. The van der Waals surface area contributed by atoms with Gasteiger partial charge in [-0.3, -0.25) is 19.2 Å². The van der Waals surface area contributed by atoms with Crippen LogP contribution in [0, 0.1) is 39.4 Å². The molecule has 7 nitrogen and oxygen atoms in total. The van der Waals surface area contributed by atoms with Crippen molar-refractivity contribution in [1.29, 1.82) is 0 Å². The van der Waals surface area contributed by atoms with Crippen molar-refractivity contribution in [3.63, 3.8) is 0 Å². The Morgan fingerprint density at radius 2 is 1.68 bits per heavy atom. The van der Waals surface area contributed by atoms with Crippen LogP contribution < -0.4 is 0 Å². The molecule has 0 aromatic heterocycles. The van der Waals surface area contributed by atoms with Gasteiger partial charge in [-0.1, -0.05) is 34.6 Å². The SMILES string of the molecule is C[C@@H](CCC(=O)O)[C@H]1CC(=O)[C@@]2(C)C3=C(C(=O)[C@H](O)[C@]12C)[C@@]1(C)CCC(=O)C(C)(C)[C@@H]1C[C@@H]3O. The highest BCUT2D eigenvalue weighted by molar-refractivity contribution is 6.08. The second-order valence-electron chi connectivity index (χ2n) is 12.5. The van der Waals surface area contributed by atoms with Crippen LogP contribution in [0.3, 0.4) is 0 Å². The van der Waals surface area contributed by atoms with E-state index in [2.05, 4.69) is 0 Å². The summed E-state index contributed by atoms with van der Waals surface area (Å²) < 4.78 is 0. The van der Waals surface area contributed by atoms with Crippen LogP contribution in [0.4, 0.5) is 0 Å². The van der Waals surface area contributed by atoms with Crippen LogP contribution in [-0.4, -0.2) is 50.8 Å². The summed E-state index contributed by atoms with van der Waals surface area (Å²) in [7, 11) is 0. The summed E-state index contributed by atoms with van der Waals surface area (Å²) >= 11 is 0. The van der Waals surface area contributed by atoms with Crippen LogP contribution in [0.5, 0.6) is 0 Å². The van der Waals surface area contributed by atoms with Crippen LogP contribution in [0.1, 0.15) is 80.1 Å². The maximum Gasteiger partial charge on any atom is 0.303 e. The fourth-order valence-electron chi connectivity index (χ4n) is 8.48. The Morgan fingerprint density at radius 3 is 2.26 bits per heavy atom. The van der Waals surface area contributed by atoms with E-state index in [0.717, 1.165) is 0 Å². The number of carbonyl (C=O) groups is 4. The van der Waals surface area contributed by atoms with Gasteiger partial charge in [0.05, 0.1) is 11.5 Å². The maximum absolute atomic E-state index is 14.0. The molecule has 0 saturated heterocycles. The molecule has 188 valence electrons. The molecule has 0 aromatic carbocycles. The van der Waals surface area contributed by atoms with E-state index in [0.29, 0.717) is 30.4 Å². The van der Waals surface area contributed by atoms with E-state index in [9.17, 15) is 29.4 Å². The molecular weight excluding hydrogens is 436 g/mol. The summed E-state index contributed by atoms with van der Waals surface area (Å²) in [6, 6.07) is 0. The number of hydrogen-bond acceptors (Lipinski definition) is 6. The first-order valence-electron chi connectivity index (χ1n) is 12.5. The molecule has 0 spiro atoms. The van der Waals surface area contributed by atoms with Crippen LogP contribution >= 0.6 is 0 Å². The van der Waals surface area contributed by atoms with E-state index in [1.54, 1.807) is 13.8 Å². The number of Topliss-reactive ketones (excluding diaryl/α,β-unsaturated/α-hetero) is 3. The second-order valence-corrected chi connectivity index (χ2v) is 12.5. The van der Waals surface area contributed by atoms with Gasteiger partial charge in [0, 0.05) is 41.1 Å². The van der Waals surface area contributed by atoms with Gasteiger partial charge < -0.3 is 15.3 Å². The highest BCUT2D eigenvalue weighted by Crippen LogP contribution is 2.70. The van der Waals surface area contributed by atoms with Crippen molar-refractivity contribution in [2.24, 2.45) is 39.4 Å². The zero-order chi connectivity index (χ0) is 25.6.